The van der Waals surface area contributed by atoms with Crippen LogP contribution < -0.4 is 9.47 Å². The summed E-state index contributed by atoms with van der Waals surface area (Å²) in [6.45, 7) is 0.855. The molecule has 0 spiro atoms. The summed E-state index contributed by atoms with van der Waals surface area (Å²) in [5, 5.41) is 11.1. The van der Waals surface area contributed by atoms with E-state index >= 15 is 0 Å². The van der Waals surface area contributed by atoms with Crippen LogP contribution in [0.25, 0.3) is 5.76 Å². The number of carbonyl (C=O) groups is 2. The number of carbonyl (C=O) groups excluding carboxylic acids is 2. The third-order valence-corrected chi connectivity index (χ3v) is 5.71. The van der Waals surface area contributed by atoms with E-state index in [1.54, 1.807) is 42.5 Å². The number of ketones is 1. The Hall–Kier alpha value is -2.84. The number of benzene rings is 2. The second kappa shape index (κ2) is 9.53. The molecular weight excluding hydrogens is 464 g/mol. The van der Waals surface area contributed by atoms with Crippen molar-refractivity contribution in [2.75, 3.05) is 41.4 Å². The van der Waals surface area contributed by atoms with Gasteiger partial charge in [-0.1, -0.05) is 28.1 Å². The van der Waals surface area contributed by atoms with Gasteiger partial charge < -0.3 is 24.4 Å². The number of likely N-dealkylation sites (N-methyl/N-ethyl adjacent to an activating group) is 1. The summed E-state index contributed by atoms with van der Waals surface area (Å²) in [7, 11) is 6.83. The molecule has 2 aromatic rings. The minimum Gasteiger partial charge on any atom is -0.507 e. The Balaban J connectivity index is 2.23. The molecule has 1 fully saturated rings. The van der Waals surface area contributed by atoms with E-state index in [-0.39, 0.29) is 11.3 Å². The van der Waals surface area contributed by atoms with Crippen LogP contribution in [-0.4, -0.2) is 68.0 Å². The van der Waals surface area contributed by atoms with Crippen molar-refractivity contribution >= 4 is 33.4 Å². The lowest BCUT2D eigenvalue weighted by Crippen LogP contribution is -2.35. The first kappa shape index (κ1) is 22.8. The maximum Gasteiger partial charge on any atom is 0.295 e. The third kappa shape index (κ3) is 4.60. The van der Waals surface area contributed by atoms with Gasteiger partial charge in [0.1, 0.15) is 17.3 Å². The van der Waals surface area contributed by atoms with Crippen molar-refractivity contribution in [3.8, 4) is 11.5 Å². The van der Waals surface area contributed by atoms with Crippen LogP contribution >= 0.6 is 15.9 Å². The van der Waals surface area contributed by atoms with Gasteiger partial charge >= 0.3 is 0 Å². The van der Waals surface area contributed by atoms with Crippen LogP contribution in [0.3, 0.4) is 0 Å². The molecule has 3 rings (SSSR count). The number of methoxy groups -OCH3 is 2. The molecule has 1 aliphatic heterocycles. The van der Waals surface area contributed by atoms with Crippen molar-refractivity contribution in [1.82, 2.24) is 9.80 Å². The van der Waals surface area contributed by atoms with Crippen LogP contribution in [0, 0.1) is 0 Å². The number of hydrogen-bond acceptors (Lipinski definition) is 6. The standard InChI is InChI=1S/C23H25BrN2O5/c1-25(2)11-12-26-20(17-13-16(30-3)9-10-18(17)31-4)19(22(28)23(26)29)21(27)14-5-7-15(24)8-6-14/h5-10,13,20,27H,11-12H2,1-4H3/t20-/m1/s1. The van der Waals surface area contributed by atoms with Gasteiger partial charge in [0, 0.05) is 28.7 Å². The molecule has 0 unspecified atom stereocenters. The number of Topliss-reactive ketones (excluding diaryl/α,β-unsaturated/α-hetero) is 1. The summed E-state index contributed by atoms with van der Waals surface area (Å²) in [6, 6.07) is 11.3. The Morgan fingerprint density at radius 3 is 2.35 bits per heavy atom. The van der Waals surface area contributed by atoms with Gasteiger partial charge in [-0.25, -0.2) is 0 Å². The molecule has 1 aliphatic rings. The number of hydrogen-bond donors (Lipinski definition) is 1. The number of rotatable bonds is 7. The lowest BCUT2D eigenvalue weighted by Gasteiger charge is -2.28. The molecule has 0 radical (unpaired) electrons. The van der Waals surface area contributed by atoms with Gasteiger partial charge in [-0.15, -0.1) is 0 Å². The number of nitrogens with zero attached hydrogens (tertiary/aromatic N) is 2. The summed E-state index contributed by atoms with van der Waals surface area (Å²) in [6.07, 6.45) is 0. The normalized spacial score (nSPS) is 18.0. The van der Waals surface area contributed by atoms with Gasteiger partial charge in [0.05, 0.1) is 25.8 Å². The first-order valence-corrected chi connectivity index (χ1v) is 10.5. The van der Waals surface area contributed by atoms with Crippen molar-refractivity contribution in [2.24, 2.45) is 0 Å². The number of ether oxygens (including phenoxy) is 2. The zero-order valence-corrected chi connectivity index (χ0v) is 19.5. The molecule has 1 atom stereocenters. The van der Waals surface area contributed by atoms with Crippen molar-refractivity contribution in [2.45, 2.75) is 6.04 Å². The van der Waals surface area contributed by atoms with Crippen molar-refractivity contribution < 1.29 is 24.2 Å². The second-order valence-corrected chi connectivity index (χ2v) is 8.33. The second-order valence-electron chi connectivity index (χ2n) is 7.41. The topological polar surface area (TPSA) is 79.3 Å². The Morgan fingerprint density at radius 2 is 1.77 bits per heavy atom. The van der Waals surface area contributed by atoms with Crippen LogP contribution in [0.1, 0.15) is 17.2 Å². The number of halogens is 1. The first-order chi connectivity index (χ1) is 14.8. The zero-order valence-electron chi connectivity index (χ0n) is 17.9. The molecule has 31 heavy (non-hydrogen) atoms. The smallest absolute Gasteiger partial charge is 0.295 e. The quantitative estimate of drug-likeness (QED) is 0.365. The third-order valence-electron chi connectivity index (χ3n) is 5.18. The van der Waals surface area contributed by atoms with Crippen LogP contribution in [-0.2, 0) is 9.59 Å². The van der Waals surface area contributed by atoms with E-state index in [4.69, 9.17) is 9.47 Å². The van der Waals surface area contributed by atoms with E-state index in [9.17, 15) is 14.7 Å². The van der Waals surface area contributed by atoms with Crippen LogP contribution in [0.15, 0.2) is 52.5 Å². The van der Waals surface area contributed by atoms with Gasteiger partial charge in [0.25, 0.3) is 11.7 Å². The Bertz CT molecular complexity index is 1020. The monoisotopic (exact) mass is 488 g/mol. The predicted molar refractivity (Wildman–Crippen MR) is 121 cm³/mol. The molecule has 0 aliphatic carbocycles. The number of likely N-dealkylation sites (tertiary alicyclic amines) is 1. The van der Waals surface area contributed by atoms with Gasteiger partial charge in [-0.2, -0.15) is 0 Å². The minimum atomic E-state index is -0.811. The summed E-state index contributed by atoms with van der Waals surface area (Å²) in [5.74, 6) is -0.570. The molecule has 0 aromatic heterocycles. The molecule has 1 amide bonds. The molecule has 7 nitrogen and oxygen atoms in total. The van der Waals surface area contributed by atoms with Crippen LogP contribution in [0.4, 0.5) is 0 Å². The SMILES string of the molecule is COc1ccc(OC)c([C@@H]2C(=C(O)c3ccc(Br)cc3)C(=O)C(=O)N2CCN(C)C)c1. The largest absolute Gasteiger partial charge is 0.507 e. The van der Waals surface area contributed by atoms with Crippen LogP contribution in [0.2, 0.25) is 0 Å². The Kier molecular flexibility index (Phi) is 7.02. The highest BCUT2D eigenvalue weighted by molar-refractivity contribution is 9.10. The van der Waals surface area contributed by atoms with E-state index < -0.39 is 17.7 Å². The van der Waals surface area contributed by atoms with Crippen molar-refractivity contribution in [1.29, 1.82) is 0 Å². The number of amides is 1. The summed E-state index contributed by atoms with van der Waals surface area (Å²) >= 11 is 3.36. The molecule has 0 saturated carbocycles. The molecule has 1 saturated heterocycles. The van der Waals surface area contributed by atoms with E-state index in [2.05, 4.69) is 15.9 Å². The fourth-order valence-corrected chi connectivity index (χ4v) is 3.82. The van der Waals surface area contributed by atoms with Gasteiger partial charge in [0.2, 0.25) is 0 Å². The molecular formula is C23H25BrN2O5. The summed E-state index contributed by atoms with van der Waals surface area (Å²) < 4.78 is 11.7. The average molecular weight is 489 g/mol. The fraction of sp³-hybridized carbons (Fsp3) is 0.304. The molecule has 1 heterocycles. The van der Waals surface area contributed by atoms with Crippen LogP contribution in [0.5, 0.6) is 11.5 Å². The maximum absolute atomic E-state index is 13.1. The number of aliphatic hydroxyl groups excluding tert-OH is 1. The number of aliphatic hydroxyl groups is 1. The van der Waals surface area contributed by atoms with Gasteiger partial charge in [-0.3, -0.25) is 9.59 Å². The molecule has 164 valence electrons. The molecule has 8 heteroatoms. The Morgan fingerprint density at radius 1 is 1.10 bits per heavy atom. The maximum atomic E-state index is 13.1. The van der Waals surface area contributed by atoms with E-state index in [1.807, 2.05) is 19.0 Å². The zero-order chi connectivity index (χ0) is 22.7. The lowest BCUT2D eigenvalue weighted by molar-refractivity contribution is -0.140. The highest BCUT2D eigenvalue weighted by atomic mass is 79.9. The highest BCUT2D eigenvalue weighted by Gasteiger charge is 2.47. The highest BCUT2D eigenvalue weighted by Crippen LogP contribution is 2.43. The van der Waals surface area contributed by atoms with E-state index in [1.165, 1.54) is 19.1 Å². The summed E-state index contributed by atoms with van der Waals surface area (Å²) in [5.41, 5.74) is 1.04. The predicted octanol–water partition coefficient (Wildman–Crippen LogP) is 3.45. The van der Waals surface area contributed by atoms with Gasteiger partial charge in [-0.05, 0) is 44.4 Å². The molecule has 0 bridgehead atoms. The van der Waals surface area contributed by atoms with Gasteiger partial charge in [0.15, 0.2) is 0 Å². The van der Waals surface area contributed by atoms with E-state index in [0.29, 0.717) is 35.7 Å². The minimum absolute atomic E-state index is 0.0256. The summed E-state index contributed by atoms with van der Waals surface area (Å²) in [4.78, 5) is 29.5. The first-order valence-electron chi connectivity index (χ1n) is 9.69. The van der Waals surface area contributed by atoms with Crippen molar-refractivity contribution in [3.63, 3.8) is 0 Å². The van der Waals surface area contributed by atoms with Crippen molar-refractivity contribution in [3.05, 3.63) is 63.6 Å². The molecule has 2 aromatic carbocycles. The molecule has 1 N–H and O–H groups in total. The van der Waals surface area contributed by atoms with E-state index in [0.717, 1.165) is 4.47 Å². The fourth-order valence-electron chi connectivity index (χ4n) is 3.56. The lowest BCUT2D eigenvalue weighted by atomic mass is 9.94. The Labute approximate surface area is 190 Å². The average Bonchev–Trinajstić information content (AvgIpc) is 3.01.